The highest BCUT2D eigenvalue weighted by Gasteiger charge is 2.35. The van der Waals surface area contributed by atoms with Crippen LogP contribution in [0.15, 0.2) is 40.3 Å². The van der Waals surface area contributed by atoms with Gasteiger partial charge in [0, 0.05) is 18.0 Å². The first-order valence-corrected chi connectivity index (χ1v) is 6.70. The van der Waals surface area contributed by atoms with E-state index in [1.54, 1.807) is 31.4 Å². The summed E-state index contributed by atoms with van der Waals surface area (Å²) in [6.45, 7) is 0. The molecule has 1 aromatic carbocycles. The summed E-state index contributed by atoms with van der Waals surface area (Å²) < 4.78 is 43.3. The van der Waals surface area contributed by atoms with E-state index in [4.69, 9.17) is 4.74 Å². The van der Waals surface area contributed by atoms with Gasteiger partial charge in [-0.25, -0.2) is 9.97 Å². The molecule has 2 rings (SSSR count). The molecule has 0 spiro atoms. The van der Waals surface area contributed by atoms with E-state index in [2.05, 4.69) is 15.3 Å². The number of benzene rings is 1. The number of nitrogens with one attached hydrogen (secondary N) is 1. The summed E-state index contributed by atoms with van der Waals surface area (Å²) in [4.78, 5) is 7.71. The first-order valence-electron chi connectivity index (χ1n) is 5.88. The van der Waals surface area contributed by atoms with Gasteiger partial charge in [0.1, 0.15) is 16.6 Å². The van der Waals surface area contributed by atoms with Crippen LogP contribution in [-0.2, 0) is 6.18 Å². The molecule has 21 heavy (non-hydrogen) atoms. The van der Waals surface area contributed by atoms with Gasteiger partial charge < -0.3 is 10.1 Å². The molecule has 0 aliphatic rings. The van der Waals surface area contributed by atoms with Gasteiger partial charge in [-0.3, -0.25) is 0 Å². The predicted octanol–water partition coefficient (Wildman–Crippen LogP) is 3.70. The molecule has 0 aliphatic heterocycles. The Morgan fingerprint density at radius 3 is 2.33 bits per heavy atom. The molecule has 1 heterocycles. The maximum atomic E-state index is 12.7. The van der Waals surface area contributed by atoms with Crippen LogP contribution in [0.1, 0.15) is 5.82 Å². The van der Waals surface area contributed by atoms with Gasteiger partial charge in [-0.1, -0.05) is 11.8 Å². The molecule has 2 aromatic rings. The highest BCUT2D eigenvalue weighted by atomic mass is 32.2. The Kier molecular flexibility index (Phi) is 4.56. The van der Waals surface area contributed by atoms with E-state index in [9.17, 15) is 13.2 Å². The lowest BCUT2D eigenvalue weighted by Crippen LogP contribution is -2.12. The van der Waals surface area contributed by atoms with Gasteiger partial charge in [-0.15, -0.1) is 0 Å². The van der Waals surface area contributed by atoms with Gasteiger partial charge in [0.25, 0.3) is 0 Å². The number of ether oxygens (including phenoxy) is 1. The molecule has 0 aliphatic carbocycles. The number of aromatic nitrogens is 2. The van der Waals surface area contributed by atoms with Crippen LogP contribution in [0.25, 0.3) is 0 Å². The summed E-state index contributed by atoms with van der Waals surface area (Å²) in [6, 6.07) is 8.42. The molecule has 0 unspecified atom stereocenters. The normalized spacial score (nSPS) is 11.3. The van der Waals surface area contributed by atoms with Crippen molar-refractivity contribution in [1.29, 1.82) is 0 Å². The number of methoxy groups -OCH3 is 1. The molecule has 0 bridgehead atoms. The average molecular weight is 315 g/mol. The zero-order valence-electron chi connectivity index (χ0n) is 11.2. The van der Waals surface area contributed by atoms with Crippen molar-refractivity contribution in [2.24, 2.45) is 0 Å². The fourth-order valence-corrected chi connectivity index (χ4v) is 2.31. The van der Waals surface area contributed by atoms with Crippen molar-refractivity contribution < 1.29 is 17.9 Å². The third-order valence-electron chi connectivity index (χ3n) is 2.49. The molecule has 0 saturated carbocycles. The summed E-state index contributed by atoms with van der Waals surface area (Å²) >= 11 is 1.12. The minimum Gasteiger partial charge on any atom is -0.497 e. The number of alkyl halides is 3. The van der Waals surface area contributed by atoms with Crippen LogP contribution >= 0.6 is 11.8 Å². The Labute approximate surface area is 123 Å². The second kappa shape index (κ2) is 6.21. The third kappa shape index (κ3) is 4.01. The third-order valence-corrected chi connectivity index (χ3v) is 3.42. The van der Waals surface area contributed by atoms with Crippen molar-refractivity contribution in [1.82, 2.24) is 9.97 Å². The fraction of sp³-hybridized carbons (Fsp3) is 0.231. The molecule has 0 radical (unpaired) electrons. The second-order valence-electron chi connectivity index (χ2n) is 3.94. The SMILES string of the molecule is CNc1cc(Sc2ccc(OC)cc2)nc(C(F)(F)F)n1. The molecule has 0 fully saturated rings. The summed E-state index contributed by atoms with van der Waals surface area (Å²) in [7, 11) is 3.05. The number of hydrogen-bond acceptors (Lipinski definition) is 5. The lowest BCUT2D eigenvalue weighted by atomic mass is 10.3. The van der Waals surface area contributed by atoms with Crippen molar-refractivity contribution in [3.63, 3.8) is 0 Å². The van der Waals surface area contributed by atoms with Gasteiger partial charge in [0.2, 0.25) is 5.82 Å². The van der Waals surface area contributed by atoms with E-state index in [0.29, 0.717) is 5.75 Å². The molecular weight excluding hydrogens is 303 g/mol. The van der Waals surface area contributed by atoms with Crippen LogP contribution in [0.4, 0.5) is 19.0 Å². The number of halogens is 3. The van der Waals surface area contributed by atoms with E-state index in [1.807, 2.05) is 0 Å². The lowest BCUT2D eigenvalue weighted by Gasteiger charge is -2.09. The Bertz CT molecular complexity index is 617. The fourth-order valence-electron chi connectivity index (χ4n) is 1.50. The lowest BCUT2D eigenvalue weighted by molar-refractivity contribution is -0.145. The molecule has 0 saturated heterocycles. The Balaban J connectivity index is 2.29. The van der Waals surface area contributed by atoms with Crippen LogP contribution < -0.4 is 10.1 Å². The van der Waals surface area contributed by atoms with Gasteiger partial charge in [0.15, 0.2) is 0 Å². The molecule has 0 amide bonds. The smallest absolute Gasteiger partial charge is 0.451 e. The van der Waals surface area contributed by atoms with E-state index in [1.165, 1.54) is 13.1 Å². The van der Waals surface area contributed by atoms with Crippen molar-refractivity contribution in [2.45, 2.75) is 16.1 Å². The number of rotatable bonds is 4. The molecule has 112 valence electrons. The Morgan fingerprint density at radius 2 is 1.81 bits per heavy atom. The summed E-state index contributed by atoms with van der Waals surface area (Å²) in [5.74, 6) is -0.368. The number of hydrogen-bond donors (Lipinski definition) is 1. The van der Waals surface area contributed by atoms with E-state index in [0.717, 1.165) is 16.7 Å². The minimum atomic E-state index is -4.58. The van der Waals surface area contributed by atoms with Gasteiger partial charge in [-0.2, -0.15) is 13.2 Å². The summed E-state index contributed by atoms with van der Waals surface area (Å²) in [5, 5.41) is 2.81. The maximum Gasteiger partial charge on any atom is 0.451 e. The zero-order chi connectivity index (χ0) is 15.5. The summed E-state index contributed by atoms with van der Waals surface area (Å²) in [5.41, 5.74) is 0. The second-order valence-corrected chi connectivity index (χ2v) is 5.03. The van der Waals surface area contributed by atoms with Crippen LogP contribution in [-0.4, -0.2) is 24.1 Å². The van der Waals surface area contributed by atoms with E-state index < -0.39 is 12.0 Å². The van der Waals surface area contributed by atoms with Crippen molar-refractivity contribution >= 4 is 17.6 Å². The Morgan fingerprint density at radius 1 is 1.14 bits per heavy atom. The van der Waals surface area contributed by atoms with Gasteiger partial charge >= 0.3 is 6.18 Å². The quantitative estimate of drug-likeness (QED) is 0.872. The standard InChI is InChI=1S/C13H12F3N3OS/c1-17-10-7-11(19-12(18-10)13(14,15)16)21-9-5-3-8(20-2)4-6-9/h3-7H,1-2H3,(H,17,18,19). The first kappa shape index (κ1) is 15.4. The molecule has 1 N–H and O–H groups in total. The number of anilines is 1. The maximum absolute atomic E-state index is 12.7. The highest BCUT2D eigenvalue weighted by Crippen LogP contribution is 2.32. The van der Waals surface area contributed by atoms with Crippen LogP contribution in [0.2, 0.25) is 0 Å². The molecule has 1 aromatic heterocycles. The largest absolute Gasteiger partial charge is 0.497 e. The predicted molar refractivity (Wildman–Crippen MR) is 73.7 cm³/mol. The summed E-state index contributed by atoms with van der Waals surface area (Å²) in [6.07, 6.45) is -4.58. The van der Waals surface area contributed by atoms with Crippen molar-refractivity contribution in [3.05, 3.63) is 36.2 Å². The highest BCUT2D eigenvalue weighted by molar-refractivity contribution is 7.99. The van der Waals surface area contributed by atoms with E-state index >= 15 is 0 Å². The molecular formula is C13H12F3N3OS. The first-order chi connectivity index (χ1) is 9.92. The van der Waals surface area contributed by atoms with Gasteiger partial charge in [-0.05, 0) is 24.3 Å². The molecule has 0 atom stereocenters. The average Bonchev–Trinajstić information content (AvgIpc) is 2.46. The number of nitrogens with zero attached hydrogens (tertiary/aromatic N) is 2. The monoisotopic (exact) mass is 315 g/mol. The zero-order valence-corrected chi connectivity index (χ0v) is 12.0. The molecule has 4 nitrogen and oxygen atoms in total. The van der Waals surface area contributed by atoms with Crippen LogP contribution in [0.3, 0.4) is 0 Å². The van der Waals surface area contributed by atoms with Crippen molar-refractivity contribution in [2.75, 3.05) is 19.5 Å². The molecule has 8 heteroatoms. The van der Waals surface area contributed by atoms with Crippen LogP contribution in [0, 0.1) is 0 Å². The van der Waals surface area contributed by atoms with Crippen LogP contribution in [0.5, 0.6) is 5.75 Å². The Hall–Kier alpha value is -1.96. The van der Waals surface area contributed by atoms with E-state index in [-0.39, 0.29) is 10.8 Å². The van der Waals surface area contributed by atoms with Gasteiger partial charge in [0.05, 0.1) is 7.11 Å². The minimum absolute atomic E-state index is 0.119. The topological polar surface area (TPSA) is 47.0 Å². The van der Waals surface area contributed by atoms with Crippen molar-refractivity contribution in [3.8, 4) is 5.75 Å².